The van der Waals surface area contributed by atoms with Crippen molar-refractivity contribution < 1.29 is 0 Å². The van der Waals surface area contributed by atoms with Crippen molar-refractivity contribution in [2.45, 2.75) is 33.6 Å². The molecule has 0 fully saturated rings. The number of aromatic nitrogens is 4. The summed E-state index contributed by atoms with van der Waals surface area (Å²) in [5.41, 5.74) is 1.81. The van der Waals surface area contributed by atoms with Crippen molar-refractivity contribution in [3.63, 3.8) is 0 Å². The summed E-state index contributed by atoms with van der Waals surface area (Å²) in [5, 5.41) is 4.86. The summed E-state index contributed by atoms with van der Waals surface area (Å²) < 4.78 is 1.75. The van der Waals surface area contributed by atoms with Crippen molar-refractivity contribution >= 4 is 11.6 Å². The molecular weight excluding hydrogens is 236 g/mol. The Hall–Kier alpha value is -1.42. The minimum absolute atomic E-state index is 0.506. The van der Waals surface area contributed by atoms with E-state index in [1.54, 1.807) is 4.68 Å². The molecule has 0 atom stereocenters. The molecule has 4 nitrogen and oxygen atoms in total. The van der Waals surface area contributed by atoms with E-state index in [1.807, 2.05) is 26.1 Å². The van der Waals surface area contributed by atoms with Gasteiger partial charge in [0.15, 0.2) is 5.82 Å². The van der Waals surface area contributed by atoms with E-state index in [4.69, 9.17) is 11.6 Å². The molecule has 0 radical (unpaired) electrons. The van der Waals surface area contributed by atoms with Gasteiger partial charge in [0.25, 0.3) is 0 Å². The van der Waals surface area contributed by atoms with Crippen LogP contribution in [0.2, 0.25) is 5.15 Å². The van der Waals surface area contributed by atoms with Gasteiger partial charge >= 0.3 is 0 Å². The lowest BCUT2D eigenvalue weighted by Gasteiger charge is -2.08. The Bertz CT molecular complexity index is 533. The second-order valence-electron chi connectivity index (χ2n) is 4.03. The van der Waals surface area contributed by atoms with Crippen LogP contribution in [0.5, 0.6) is 0 Å². The van der Waals surface area contributed by atoms with Crippen LogP contribution in [-0.4, -0.2) is 19.7 Å². The highest BCUT2D eigenvalue weighted by Crippen LogP contribution is 2.19. The summed E-state index contributed by atoms with van der Waals surface area (Å²) in [7, 11) is 0. The number of hydrogen-bond acceptors (Lipinski definition) is 3. The Morgan fingerprint density at radius 2 is 2.06 bits per heavy atom. The maximum Gasteiger partial charge on any atom is 0.161 e. The van der Waals surface area contributed by atoms with Crippen molar-refractivity contribution in [1.82, 2.24) is 19.7 Å². The van der Waals surface area contributed by atoms with E-state index in [2.05, 4.69) is 22.0 Å². The maximum atomic E-state index is 6.12. The van der Waals surface area contributed by atoms with Crippen LogP contribution in [0, 0.1) is 13.8 Å². The lowest BCUT2D eigenvalue weighted by molar-refractivity contribution is 0.771. The number of nitrogens with zero attached hydrogens (tertiary/aromatic N) is 4. The molecule has 2 aromatic rings. The Kier molecular flexibility index (Phi) is 3.43. The van der Waals surface area contributed by atoms with Gasteiger partial charge in [0, 0.05) is 18.2 Å². The van der Waals surface area contributed by atoms with Crippen LogP contribution >= 0.6 is 11.6 Å². The predicted molar refractivity (Wildman–Crippen MR) is 67.6 cm³/mol. The summed E-state index contributed by atoms with van der Waals surface area (Å²) in [6.45, 7) is 5.95. The van der Waals surface area contributed by atoms with Crippen molar-refractivity contribution in [2.24, 2.45) is 0 Å². The summed E-state index contributed by atoms with van der Waals surface area (Å²) in [4.78, 5) is 8.78. The zero-order valence-corrected chi connectivity index (χ0v) is 11.0. The van der Waals surface area contributed by atoms with Crippen LogP contribution < -0.4 is 0 Å². The molecule has 0 N–H and O–H groups in total. The molecule has 0 unspecified atom stereocenters. The van der Waals surface area contributed by atoms with Gasteiger partial charge in [-0.15, -0.1) is 0 Å². The van der Waals surface area contributed by atoms with E-state index < -0.39 is 0 Å². The lowest BCUT2D eigenvalue weighted by atomic mass is 10.3. The zero-order valence-electron chi connectivity index (χ0n) is 10.2. The van der Waals surface area contributed by atoms with E-state index in [1.165, 1.54) is 0 Å². The number of halogens is 1. The molecule has 0 aliphatic carbocycles. The van der Waals surface area contributed by atoms with Gasteiger partial charge in [-0.3, -0.25) is 0 Å². The van der Waals surface area contributed by atoms with Gasteiger partial charge in [0.1, 0.15) is 11.0 Å². The van der Waals surface area contributed by atoms with Gasteiger partial charge in [-0.1, -0.05) is 18.5 Å². The Morgan fingerprint density at radius 3 is 2.65 bits per heavy atom. The Labute approximate surface area is 106 Å². The molecule has 0 aromatic carbocycles. The van der Waals surface area contributed by atoms with Crippen molar-refractivity contribution in [1.29, 1.82) is 0 Å². The van der Waals surface area contributed by atoms with Crippen molar-refractivity contribution in [2.75, 3.05) is 0 Å². The Balaban J connectivity index is 2.52. The topological polar surface area (TPSA) is 43.6 Å². The highest BCUT2D eigenvalue weighted by Gasteiger charge is 2.11. The molecule has 90 valence electrons. The summed E-state index contributed by atoms with van der Waals surface area (Å²) in [6.07, 6.45) is 3.71. The highest BCUT2D eigenvalue weighted by molar-refractivity contribution is 6.30. The summed E-state index contributed by atoms with van der Waals surface area (Å²) >= 11 is 6.12. The number of aryl methyl sites for hydroxylation is 2. The minimum atomic E-state index is 0.506. The Morgan fingerprint density at radius 1 is 1.29 bits per heavy atom. The second kappa shape index (κ2) is 4.84. The van der Waals surface area contributed by atoms with Gasteiger partial charge < -0.3 is 0 Å². The molecule has 2 rings (SSSR count). The fourth-order valence-electron chi connectivity index (χ4n) is 1.61. The van der Waals surface area contributed by atoms with Crippen LogP contribution in [-0.2, 0) is 6.42 Å². The largest absolute Gasteiger partial charge is 0.222 e. The first-order valence-corrected chi connectivity index (χ1v) is 6.05. The van der Waals surface area contributed by atoms with Crippen LogP contribution in [0.3, 0.4) is 0 Å². The molecule has 0 saturated heterocycles. The fourth-order valence-corrected chi connectivity index (χ4v) is 1.79. The third kappa shape index (κ3) is 2.47. The third-order valence-electron chi connectivity index (χ3n) is 2.52. The van der Waals surface area contributed by atoms with Crippen LogP contribution in [0.15, 0.2) is 12.3 Å². The average Bonchev–Trinajstić information content (AvgIpc) is 2.70. The van der Waals surface area contributed by atoms with E-state index in [0.29, 0.717) is 5.15 Å². The van der Waals surface area contributed by atoms with Gasteiger partial charge in [0.2, 0.25) is 0 Å². The molecule has 2 aromatic heterocycles. The first kappa shape index (κ1) is 12.0. The fraction of sp³-hybridized carbons (Fsp3) is 0.417. The molecule has 0 aliphatic rings. The van der Waals surface area contributed by atoms with E-state index in [0.717, 1.165) is 35.7 Å². The highest BCUT2D eigenvalue weighted by atomic mass is 35.5. The van der Waals surface area contributed by atoms with E-state index in [-0.39, 0.29) is 0 Å². The van der Waals surface area contributed by atoms with E-state index >= 15 is 0 Å². The van der Waals surface area contributed by atoms with Crippen LogP contribution in [0.4, 0.5) is 0 Å². The molecule has 0 spiro atoms. The van der Waals surface area contributed by atoms with E-state index in [9.17, 15) is 0 Å². The van der Waals surface area contributed by atoms with Gasteiger partial charge in [0.05, 0.1) is 5.69 Å². The first-order valence-electron chi connectivity index (χ1n) is 5.67. The standard InChI is InChI=1S/C12H15ClN4/c1-4-5-10-14-11(13)9(3)12(15-10)17-7-6-8(2)16-17/h6-7H,4-5H2,1-3H3. The molecule has 5 heteroatoms. The molecule has 0 bridgehead atoms. The number of hydrogen-bond donors (Lipinski definition) is 0. The zero-order chi connectivity index (χ0) is 12.4. The summed E-state index contributed by atoms with van der Waals surface area (Å²) in [6, 6.07) is 1.94. The molecular formula is C12H15ClN4. The molecule has 0 amide bonds. The monoisotopic (exact) mass is 250 g/mol. The van der Waals surface area contributed by atoms with Crippen LogP contribution in [0.1, 0.15) is 30.4 Å². The van der Waals surface area contributed by atoms with Crippen molar-refractivity contribution in [3.05, 3.63) is 34.5 Å². The van der Waals surface area contributed by atoms with Crippen LogP contribution in [0.25, 0.3) is 5.82 Å². The second-order valence-corrected chi connectivity index (χ2v) is 4.39. The van der Waals surface area contributed by atoms with Crippen molar-refractivity contribution in [3.8, 4) is 5.82 Å². The molecule has 0 aliphatic heterocycles. The first-order chi connectivity index (χ1) is 8.11. The minimum Gasteiger partial charge on any atom is -0.222 e. The van der Waals surface area contributed by atoms with Gasteiger partial charge in [-0.2, -0.15) is 5.10 Å². The number of rotatable bonds is 3. The average molecular weight is 251 g/mol. The third-order valence-corrected chi connectivity index (χ3v) is 2.89. The smallest absolute Gasteiger partial charge is 0.161 e. The SMILES string of the molecule is CCCc1nc(Cl)c(C)c(-n2ccc(C)n2)n1. The molecule has 17 heavy (non-hydrogen) atoms. The van der Waals surface area contributed by atoms with Gasteiger partial charge in [-0.25, -0.2) is 14.6 Å². The quantitative estimate of drug-likeness (QED) is 0.787. The molecule has 2 heterocycles. The normalized spacial score (nSPS) is 10.8. The molecule has 0 saturated carbocycles. The lowest BCUT2D eigenvalue weighted by Crippen LogP contribution is -2.07. The maximum absolute atomic E-state index is 6.12. The summed E-state index contributed by atoms with van der Waals surface area (Å²) in [5.74, 6) is 1.54. The predicted octanol–water partition coefficient (Wildman–Crippen LogP) is 2.89. The van der Waals surface area contributed by atoms with Gasteiger partial charge in [-0.05, 0) is 26.3 Å².